The summed E-state index contributed by atoms with van der Waals surface area (Å²) in [6.45, 7) is 3.76. The van der Waals surface area contributed by atoms with E-state index >= 15 is 0 Å². The van der Waals surface area contributed by atoms with Crippen molar-refractivity contribution in [3.05, 3.63) is 50.8 Å². The van der Waals surface area contributed by atoms with Crippen LogP contribution in [-0.4, -0.2) is 15.1 Å². The molecule has 1 aromatic heterocycles. The number of nitrogens with one attached hydrogen (secondary N) is 2. The lowest BCUT2D eigenvalue weighted by molar-refractivity contribution is -0.384. The number of halogens is 1. The molecule has 2 rings (SSSR count). The molecule has 0 aliphatic heterocycles. The smallest absolute Gasteiger partial charge is 0.288 e. The van der Waals surface area contributed by atoms with Gasteiger partial charge in [-0.05, 0) is 31.5 Å². The molecule has 0 spiro atoms. The number of nitrogens with zero attached hydrogens (tertiary/aromatic N) is 2. The minimum absolute atomic E-state index is 0.00118. The Bertz CT molecular complexity index is 598. The molecule has 1 unspecified atom stereocenters. The molecular weight excluding hydrogens is 268 g/mol. The first-order chi connectivity index (χ1) is 8.99. The quantitative estimate of drug-likeness (QED) is 0.663. The summed E-state index contributed by atoms with van der Waals surface area (Å²) in [7, 11) is 0. The van der Waals surface area contributed by atoms with Gasteiger partial charge in [-0.2, -0.15) is 5.10 Å². The molecule has 7 heteroatoms. The van der Waals surface area contributed by atoms with Gasteiger partial charge in [-0.1, -0.05) is 11.6 Å². The number of H-pyrrole nitrogens is 1. The second-order valence-corrected chi connectivity index (χ2v) is 4.66. The average Bonchev–Trinajstić information content (AvgIpc) is 2.86. The molecule has 1 aromatic carbocycles. The van der Waals surface area contributed by atoms with Gasteiger partial charge in [0.2, 0.25) is 0 Å². The van der Waals surface area contributed by atoms with Crippen molar-refractivity contribution in [2.75, 3.05) is 5.32 Å². The van der Waals surface area contributed by atoms with Crippen LogP contribution in [0.4, 0.5) is 11.4 Å². The Morgan fingerprint density at radius 1 is 1.53 bits per heavy atom. The van der Waals surface area contributed by atoms with Gasteiger partial charge in [0, 0.05) is 18.0 Å². The van der Waals surface area contributed by atoms with E-state index in [0.29, 0.717) is 0 Å². The van der Waals surface area contributed by atoms with Crippen molar-refractivity contribution in [2.45, 2.75) is 19.9 Å². The minimum Gasteiger partial charge on any atom is -0.377 e. The zero-order chi connectivity index (χ0) is 14.0. The monoisotopic (exact) mass is 280 g/mol. The summed E-state index contributed by atoms with van der Waals surface area (Å²) in [5, 5.41) is 20.9. The summed E-state index contributed by atoms with van der Waals surface area (Å²) in [5.74, 6) is 0. The number of anilines is 1. The molecule has 0 bridgehead atoms. The number of nitro benzene ring substituents is 1. The third-order valence-electron chi connectivity index (χ3n) is 2.85. The maximum Gasteiger partial charge on any atom is 0.288 e. The fraction of sp³-hybridized carbons (Fsp3) is 0.250. The molecule has 6 nitrogen and oxygen atoms in total. The lowest BCUT2D eigenvalue weighted by Crippen LogP contribution is -2.08. The SMILES string of the molecule is Cc1cc([N+](=O)[O-])c(Cl)cc1NC(C)c1ccn[nH]1. The van der Waals surface area contributed by atoms with Crippen LogP contribution in [0.15, 0.2) is 24.4 Å². The van der Waals surface area contributed by atoms with E-state index in [4.69, 9.17) is 11.6 Å². The van der Waals surface area contributed by atoms with E-state index < -0.39 is 4.92 Å². The van der Waals surface area contributed by atoms with Gasteiger partial charge in [0.15, 0.2) is 0 Å². The molecule has 2 aromatic rings. The van der Waals surface area contributed by atoms with Gasteiger partial charge in [0.05, 0.1) is 16.7 Å². The molecule has 0 fully saturated rings. The highest BCUT2D eigenvalue weighted by atomic mass is 35.5. The van der Waals surface area contributed by atoms with E-state index in [9.17, 15) is 10.1 Å². The van der Waals surface area contributed by atoms with Crippen LogP contribution in [0.3, 0.4) is 0 Å². The molecule has 100 valence electrons. The van der Waals surface area contributed by atoms with Crippen molar-refractivity contribution in [3.63, 3.8) is 0 Å². The number of nitro groups is 1. The standard InChI is InChI=1S/C12H13ClN4O2/c1-7-5-12(17(18)19)9(13)6-11(7)15-8(2)10-3-4-14-16-10/h3-6,8,15H,1-2H3,(H,14,16). The topological polar surface area (TPSA) is 83.8 Å². The maximum atomic E-state index is 10.8. The van der Waals surface area contributed by atoms with Gasteiger partial charge in [-0.15, -0.1) is 0 Å². The molecule has 0 saturated heterocycles. The van der Waals surface area contributed by atoms with E-state index in [-0.39, 0.29) is 16.8 Å². The average molecular weight is 281 g/mol. The number of benzene rings is 1. The lowest BCUT2D eigenvalue weighted by Gasteiger charge is -2.16. The Balaban J connectivity index is 2.26. The second-order valence-electron chi connectivity index (χ2n) is 4.25. The van der Waals surface area contributed by atoms with Gasteiger partial charge < -0.3 is 5.32 Å². The van der Waals surface area contributed by atoms with E-state index in [1.54, 1.807) is 19.2 Å². The van der Waals surface area contributed by atoms with Crippen molar-refractivity contribution >= 4 is 23.0 Å². The third-order valence-corrected chi connectivity index (χ3v) is 3.15. The second kappa shape index (κ2) is 5.27. The number of rotatable bonds is 4. The van der Waals surface area contributed by atoms with Gasteiger partial charge in [0.25, 0.3) is 5.69 Å². The Hall–Kier alpha value is -2.08. The van der Waals surface area contributed by atoms with Gasteiger partial charge in [-0.3, -0.25) is 15.2 Å². The highest BCUT2D eigenvalue weighted by Gasteiger charge is 2.16. The number of aromatic nitrogens is 2. The summed E-state index contributed by atoms with van der Waals surface area (Å²) in [6.07, 6.45) is 1.67. The molecule has 0 aliphatic carbocycles. The summed E-state index contributed by atoms with van der Waals surface area (Å²) >= 11 is 5.90. The molecule has 1 heterocycles. The maximum absolute atomic E-state index is 10.8. The van der Waals surface area contributed by atoms with Crippen LogP contribution in [0.25, 0.3) is 0 Å². The zero-order valence-corrected chi connectivity index (χ0v) is 11.2. The van der Waals surface area contributed by atoms with Crippen molar-refractivity contribution < 1.29 is 4.92 Å². The van der Waals surface area contributed by atoms with E-state index in [0.717, 1.165) is 16.9 Å². The normalized spacial score (nSPS) is 12.2. The minimum atomic E-state index is -0.489. The lowest BCUT2D eigenvalue weighted by atomic mass is 10.1. The fourth-order valence-electron chi connectivity index (χ4n) is 1.78. The molecule has 0 radical (unpaired) electrons. The first kappa shape index (κ1) is 13.4. The third kappa shape index (κ3) is 2.85. The molecule has 1 atom stereocenters. The van der Waals surface area contributed by atoms with Crippen molar-refractivity contribution in [1.82, 2.24) is 10.2 Å². The summed E-state index contributed by atoms with van der Waals surface area (Å²) < 4.78 is 0. The van der Waals surface area contributed by atoms with Crippen LogP contribution in [0.1, 0.15) is 24.2 Å². The van der Waals surface area contributed by atoms with E-state index in [1.165, 1.54) is 6.07 Å². The largest absolute Gasteiger partial charge is 0.377 e. The molecule has 19 heavy (non-hydrogen) atoms. The first-order valence-electron chi connectivity index (χ1n) is 5.69. The van der Waals surface area contributed by atoms with Crippen LogP contribution in [0.5, 0.6) is 0 Å². The van der Waals surface area contributed by atoms with Crippen LogP contribution in [0.2, 0.25) is 5.02 Å². The number of hydrogen-bond acceptors (Lipinski definition) is 4. The fourth-order valence-corrected chi connectivity index (χ4v) is 2.01. The zero-order valence-electron chi connectivity index (χ0n) is 10.5. The molecule has 0 aliphatic rings. The number of aromatic amines is 1. The van der Waals surface area contributed by atoms with Crippen LogP contribution in [-0.2, 0) is 0 Å². The van der Waals surface area contributed by atoms with Crippen LogP contribution >= 0.6 is 11.6 Å². The van der Waals surface area contributed by atoms with Crippen LogP contribution < -0.4 is 5.32 Å². The van der Waals surface area contributed by atoms with Gasteiger partial charge in [0.1, 0.15) is 5.02 Å². The Morgan fingerprint density at radius 2 is 2.26 bits per heavy atom. The first-order valence-corrected chi connectivity index (χ1v) is 6.07. The predicted octanol–water partition coefficient (Wildman–Crippen LogP) is 3.45. The number of aryl methyl sites for hydroxylation is 1. The molecule has 0 amide bonds. The summed E-state index contributed by atoms with van der Waals surface area (Å²) in [5.41, 5.74) is 2.37. The summed E-state index contributed by atoms with van der Waals surface area (Å²) in [4.78, 5) is 10.3. The highest BCUT2D eigenvalue weighted by Crippen LogP contribution is 2.32. The van der Waals surface area contributed by atoms with E-state index in [2.05, 4.69) is 15.5 Å². The Kier molecular flexibility index (Phi) is 3.71. The highest BCUT2D eigenvalue weighted by molar-refractivity contribution is 6.33. The number of hydrogen-bond donors (Lipinski definition) is 2. The van der Waals surface area contributed by atoms with Crippen molar-refractivity contribution in [1.29, 1.82) is 0 Å². The molecular formula is C12H13ClN4O2. The van der Waals surface area contributed by atoms with Crippen molar-refractivity contribution in [2.24, 2.45) is 0 Å². The summed E-state index contributed by atoms with van der Waals surface area (Å²) in [6, 6.07) is 4.89. The Morgan fingerprint density at radius 3 is 2.84 bits per heavy atom. The molecule has 0 saturated carbocycles. The molecule has 2 N–H and O–H groups in total. The van der Waals surface area contributed by atoms with Gasteiger partial charge in [-0.25, -0.2) is 0 Å². The van der Waals surface area contributed by atoms with Crippen LogP contribution in [0, 0.1) is 17.0 Å². The Labute approximate surface area is 114 Å². The predicted molar refractivity (Wildman–Crippen MR) is 73.5 cm³/mol. The van der Waals surface area contributed by atoms with Crippen molar-refractivity contribution in [3.8, 4) is 0 Å². The van der Waals surface area contributed by atoms with Gasteiger partial charge >= 0.3 is 0 Å². The van der Waals surface area contributed by atoms with E-state index in [1.807, 2.05) is 13.0 Å².